The fourth-order valence-electron chi connectivity index (χ4n) is 3.00. The summed E-state index contributed by atoms with van der Waals surface area (Å²) in [5.41, 5.74) is 1.02. The Morgan fingerprint density at radius 3 is 2.29 bits per heavy atom. The molecule has 0 aromatic heterocycles. The maximum Gasteiger partial charge on any atom is 0.240 e. The molecule has 138 valence electrons. The van der Waals surface area contributed by atoms with E-state index in [4.69, 9.17) is 4.74 Å². The van der Waals surface area contributed by atoms with Crippen molar-refractivity contribution < 1.29 is 13.2 Å². The van der Waals surface area contributed by atoms with Crippen LogP contribution in [0.3, 0.4) is 0 Å². The van der Waals surface area contributed by atoms with Gasteiger partial charge < -0.3 is 10.1 Å². The number of benzene rings is 1. The first-order valence-electron chi connectivity index (χ1n) is 8.18. The van der Waals surface area contributed by atoms with Crippen molar-refractivity contribution in [2.45, 2.75) is 37.5 Å². The molecule has 0 radical (unpaired) electrons. The van der Waals surface area contributed by atoms with Crippen LogP contribution in [0.25, 0.3) is 0 Å². The zero-order valence-corrected chi connectivity index (χ0v) is 16.3. The number of sulfonamides is 1. The van der Waals surface area contributed by atoms with Gasteiger partial charge in [0.1, 0.15) is 0 Å². The van der Waals surface area contributed by atoms with Crippen LogP contribution in [0.4, 0.5) is 0 Å². The van der Waals surface area contributed by atoms with E-state index < -0.39 is 10.0 Å². The molecular weight excluding hydrogens is 348 g/mol. The SMILES string of the molecule is COCC1(CNS(=O)(=O)c2ccc(C(C)C)cc2)CCNCC1.Cl. The lowest BCUT2D eigenvalue weighted by atomic mass is 9.80. The third-order valence-corrected chi connectivity index (χ3v) is 6.03. The lowest BCUT2D eigenvalue weighted by Gasteiger charge is -2.37. The van der Waals surface area contributed by atoms with Gasteiger partial charge in [-0.3, -0.25) is 0 Å². The molecule has 1 aliphatic rings. The van der Waals surface area contributed by atoms with Crippen LogP contribution >= 0.6 is 12.4 Å². The van der Waals surface area contributed by atoms with E-state index in [0.29, 0.717) is 24.0 Å². The summed E-state index contributed by atoms with van der Waals surface area (Å²) in [7, 11) is -1.81. The zero-order valence-electron chi connectivity index (χ0n) is 14.7. The van der Waals surface area contributed by atoms with Crippen LogP contribution in [0.1, 0.15) is 38.2 Å². The summed E-state index contributed by atoms with van der Waals surface area (Å²) in [6, 6.07) is 7.13. The highest BCUT2D eigenvalue weighted by Crippen LogP contribution is 2.29. The summed E-state index contributed by atoms with van der Waals surface area (Å²) in [5, 5.41) is 3.31. The predicted molar refractivity (Wildman–Crippen MR) is 99.4 cm³/mol. The van der Waals surface area contributed by atoms with Crippen LogP contribution in [0.15, 0.2) is 29.2 Å². The van der Waals surface area contributed by atoms with Crippen LogP contribution in [-0.2, 0) is 14.8 Å². The average molecular weight is 377 g/mol. The molecular formula is C17H29ClN2O3S. The van der Waals surface area contributed by atoms with Crippen molar-refractivity contribution in [2.75, 3.05) is 33.4 Å². The van der Waals surface area contributed by atoms with Gasteiger partial charge in [-0.25, -0.2) is 13.1 Å². The van der Waals surface area contributed by atoms with Crippen molar-refractivity contribution in [3.05, 3.63) is 29.8 Å². The molecule has 1 aromatic rings. The fraction of sp³-hybridized carbons (Fsp3) is 0.647. The molecule has 2 rings (SSSR count). The third kappa shape index (κ3) is 5.43. The summed E-state index contributed by atoms with van der Waals surface area (Å²) in [6.45, 7) is 6.96. The van der Waals surface area contributed by atoms with Crippen molar-refractivity contribution >= 4 is 22.4 Å². The number of nitrogens with one attached hydrogen (secondary N) is 2. The fourth-order valence-corrected chi connectivity index (χ4v) is 4.16. The molecule has 0 saturated carbocycles. The van der Waals surface area contributed by atoms with E-state index in [0.717, 1.165) is 31.5 Å². The molecule has 7 heteroatoms. The molecule has 5 nitrogen and oxygen atoms in total. The molecule has 0 bridgehead atoms. The third-order valence-electron chi connectivity index (χ3n) is 4.61. The highest BCUT2D eigenvalue weighted by atomic mass is 35.5. The lowest BCUT2D eigenvalue weighted by molar-refractivity contribution is 0.0577. The van der Waals surface area contributed by atoms with E-state index in [1.807, 2.05) is 12.1 Å². The summed E-state index contributed by atoms with van der Waals surface area (Å²) in [4.78, 5) is 0.323. The second-order valence-corrected chi connectivity index (χ2v) is 8.50. The summed E-state index contributed by atoms with van der Waals surface area (Å²) in [5.74, 6) is 0.388. The molecule has 1 aliphatic heterocycles. The first kappa shape index (κ1) is 21.4. The van der Waals surface area contributed by atoms with Gasteiger partial charge in [-0.1, -0.05) is 26.0 Å². The Morgan fingerprint density at radius 2 is 1.79 bits per heavy atom. The van der Waals surface area contributed by atoms with Crippen LogP contribution in [0.2, 0.25) is 0 Å². The average Bonchev–Trinajstić information content (AvgIpc) is 2.54. The first-order chi connectivity index (χ1) is 10.9. The monoisotopic (exact) mass is 376 g/mol. The second kappa shape index (κ2) is 9.15. The van der Waals surface area contributed by atoms with Gasteiger partial charge in [0.2, 0.25) is 10.0 Å². The molecule has 24 heavy (non-hydrogen) atoms. The smallest absolute Gasteiger partial charge is 0.240 e. The number of piperidine rings is 1. The Bertz CT molecular complexity index is 591. The Morgan fingerprint density at radius 1 is 1.21 bits per heavy atom. The minimum absolute atomic E-state index is 0. The van der Waals surface area contributed by atoms with Gasteiger partial charge in [0.05, 0.1) is 11.5 Å². The van der Waals surface area contributed by atoms with Gasteiger partial charge in [0.15, 0.2) is 0 Å². The molecule has 0 amide bonds. The van der Waals surface area contributed by atoms with Crippen LogP contribution < -0.4 is 10.0 Å². The number of hydrogen-bond donors (Lipinski definition) is 2. The Balaban J connectivity index is 0.00000288. The zero-order chi connectivity index (χ0) is 16.9. The van der Waals surface area contributed by atoms with E-state index in [9.17, 15) is 8.42 Å². The molecule has 0 spiro atoms. The van der Waals surface area contributed by atoms with Crippen molar-refractivity contribution in [1.82, 2.24) is 10.0 Å². The van der Waals surface area contributed by atoms with Gasteiger partial charge in [0, 0.05) is 19.1 Å². The molecule has 1 aromatic carbocycles. The van der Waals surface area contributed by atoms with Crippen molar-refractivity contribution in [3.8, 4) is 0 Å². The van der Waals surface area contributed by atoms with E-state index in [2.05, 4.69) is 23.9 Å². The first-order valence-corrected chi connectivity index (χ1v) is 9.66. The standard InChI is InChI=1S/C17H28N2O3S.ClH/c1-14(2)15-4-6-16(7-5-15)23(20,21)19-12-17(13-22-3)8-10-18-11-9-17;/h4-7,14,18-19H,8-13H2,1-3H3;1H. The van der Waals surface area contributed by atoms with Gasteiger partial charge in [-0.15, -0.1) is 12.4 Å². The van der Waals surface area contributed by atoms with Crippen molar-refractivity contribution in [1.29, 1.82) is 0 Å². The summed E-state index contributed by atoms with van der Waals surface area (Å²) in [6.07, 6.45) is 1.82. The van der Waals surface area contributed by atoms with Gasteiger partial charge in [-0.2, -0.15) is 0 Å². The number of methoxy groups -OCH3 is 1. The predicted octanol–water partition coefficient (Wildman–Crippen LogP) is 2.53. The van der Waals surface area contributed by atoms with Gasteiger partial charge >= 0.3 is 0 Å². The highest BCUT2D eigenvalue weighted by Gasteiger charge is 2.33. The largest absolute Gasteiger partial charge is 0.384 e. The number of ether oxygens (including phenoxy) is 1. The van der Waals surface area contributed by atoms with Crippen molar-refractivity contribution in [2.24, 2.45) is 5.41 Å². The Labute approximate surface area is 152 Å². The number of rotatable bonds is 7. The molecule has 1 fully saturated rings. The number of hydrogen-bond acceptors (Lipinski definition) is 4. The van der Waals surface area contributed by atoms with Crippen molar-refractivity contribution in [3.63, 3.8) is 0 Å². The topological polar surface area (TPSA) is 67.4 Å². The maximum absolute atomic E-state index is 12.5. The van der Waals surface area contributed by atoms with E-state index in [1.165, 1.54) is 0 Å². The minimum Gasteiger partial charge on any atom is -0.384 e. The van der Waals surface area contributed by atoms with Crippen LogP contribution in [0, 0.1) is 5.41 Å². The maximum atomic E-state index is 12.5. The quantitative estimate of drug-likeness (QED) is 0.767. The number of halogens is 1. The van der Waals surface area contributed by atoms with Gasteiger partial charge in [-0.05, 0) is 49.5 Å². The van der Waals surface area contributed by atoms with E-state index >= 15 is 0 Å². The van der Waals surface area contributed by atoms with Crippen LogP contribution in [-0.4, -0.2) is 41.8 Å². The minimum atomic E-state index is -3.48. The molecule has 0 atom stereocenters. The molecule has 0 aliphatic carbocycles. The molecule has 0 unspecified atom stereocenters. The normalized spacial score (nSPS) is 17.5. The van der Waals surface area contributed by atoms with E-state index in [-0.39, 0.29) is 17.8 Å². The lowest BCUT2D eigenvalue weighted by Crippen LogP contribution is -2.47. The van der Waals surface area contributed by atoms with Crippen LogP contribution in [0.5, 0.6) is 0 Å². The second-order valence-electron chi connectivity index (χ2n) is 6.73. The Hall–Kier alpha value is -0.660. The van der Waals surface area contributed by atoms with Gasteiger partial charge in [0.25, 0.3) is 0 Å². The summed E-state index contributed by atoms with van der Waals surface area (Å²) >= 11 is 0. The highest BCUT2D eigenvalue weighted by molar-refractivity contribution is 7.89. The molecule has 1 heterocycles. The molecule has 1 saturated heterocycles. The molecule has 2 N–H and O–H groups in total. The Kier molecular flexibility index (Phi) is 8.15. The van der Waals surface area contributed by atoms with E-state index in [1.54, 1.807) is 19.2 Å². The summed E-state index contributed by atoms with van der Waals surface area (Å²) < 4.78 is 33.2.